The molecule has 0 aromatic heterocycles. The van der Waals surface area contributed by atoms with E-state index in [-0.39, 0.29) is 19.0 Å². The normalized spacial score (nSPS) is 11.1. The van der Waals surface area contributed by atoms with E-state index in [0.717, 1.165) is 4.90 Å². The molecule has 8 nitrogen and oxygen atoms in total. The largest absolute Gasteiger partial charge is 0.480 e. The number of amides is 2. The Morgan fingerprint density at radius 2 is 1.45 bits per heavy atom. The van der Waals surface area contributed by atoms with E-state index in [9.17, 15) is 19.5 Å². The Morgan fingerprint density at radius 3 is 1.94 bits per heavy atom. The van der Waals surface area contributed by atoms with E-state index in [1.165, 1.54) is 16.7 Å². The van der Waals surface area contributed by atoms with Gasteiger partial charge in [0.15, 0.2) is 6.10 Å². The van der Waals surface area contributed by atoms with Crippen LogP contribution in [0.3, 0.4) is 0 Å². The number of nitrogens with zero attached hydrogens (tertiary/aromatic N) is 1. The van der Waals surface area contributed by atoms with Crippen molar-refractivity contribution >= 4 is 18.0 Å². The number of hydrogen-bond acceptors (Lipinski definition) is 4. The topological polar surface area (TPSA) is 127 Å². The molecule has 0 heterocycles. The highest BCUT2D eigenvalue weighted by atomic mass is 16.4. The molecule has 0 aliphatic rings. The fourth-order valence-electron chi connectivity index (χ4n) is 2.61. The molecule has 0 spiro atoms. The molecule has 0 aliphatic heterocycles. The minimum absolute atomic E-state index is 0.0570. The molecule has 2 rings (SSSR count). The highest BCUT2D eigenvalue weighted by Crippen LogP contribution is 2.18. The standard InChI is InChI=1S/C13H12.C10H18N2O6/c1-11-7-9-13(10-8-11)12-5-3-2-4-6-12;1-6(2)4-12(5-7(13)9(16)17)10(18)11-3-8(14)15/h2-10H,1H3;6-7,13H,3-5H2,1-2H3,(H,11,18)(H,14,15)(H,16,17). The lowest BCUT2D eigenvalue weighted by Gasteiger charge is -2.25. The van der Waals surface area contributed by atoms with Crippen molar-refractivity contribution < 1.29 is 29.7 Å². The highest BCUT2D eigenvalue weighted by Gasteiger charge is 2.22. The first kappa shape index (κ1) is 25.6. The lowest BCUT2D eigenvalue weighted by Crippen LogP contribution is -2.48. The van der Waals surface area contributed by atoms with Gasteiger partial charge >= 0.3 is 18.0 Å². The van der Waals surface area contributed by atoms with E-state index in [2.05, 4.69) is 60.8 Å². The summed E-state index contributed by atoms with van der Waals surface area (Å²) in [6, 6.07) is 18.3. The minimum Gasteiger partial charge on any atom is -0.480 e. The number of carbonyl (C=O) groups excluding carboxylic acids is 1. The number of carbonyl (C=O) groups is 3. The molecule has 0 saturated heterocycles. The second-order valence-electron chi connectivity index (χ2n) is 7.44. The van der Waals surface area contributed by atoms with Crippen LogP contribution in [0.4, 0.5) is 4.79 Å². The number of rotatable bonds is 8. The number of benzene rings is 2. The number of carboxylic acids is 2. The first-order valence-electron chi connectivity index (χ1n) is 9.87. The zero-order valence-corrected chi connectivity index (χ0v) is 18.0. The lowest BCUT2D eigenvalue weighted by atomic mass is 10.0. The predicted molar refractivity (Wildman–Crippen MR) is 118 cm³/mol. The molecule has 2 aromatic rings. The Bertz CT molecular complexity index is 837. The average Bonchev–Trinajstić information content (AvgIpc) is 2.72. The molecule has 168 valence electrons. The van der Waals surface area contributed by atoms with Crippen molar-refractivity contribution in [2.75, 3.05) is 19.6 Å². The summed E-state index contributed by atoms with van der Waals surface area (Å²) in [6.45, 7) is 5.00. The molecular weight excluding hydrogens is 400 g/mol. The number of aryl methyl sites for hydroxylation is 1. The van der Waals surface area contributed by atoms with Gasteiger partial charge in [-0.05, 0) is 24.0 Å². The summed E-state index contributed by atoms with van der Waals surface area (Å²) in [6.07, 6.45) is -1.70. The molecule has 1 unspecified atom stereocenters. The molecule has 4 N–H and O–H groups in total. The van der Waals surface area contributed by atoms with Crippen molar-refractivity contribution in [3.05, 3.63) is 60.2 Å². The minimum atomic E-state index is -1.70. The summed E-state index contributed by atoms with van der Waals surface area (Å²) in [5, 5.41) is 28.3. The number of aliphatic carboxylic acids is 2. The third-order valence-electron chi connectivity index (χ3n) is 4.10. The first-order valence-corrected chi connectivity index (χ1v) is 9.87. The van der Waals surface area contributed by atoms with Gasteiger partial charge in [0.25, 0.3) is 0 Å². The van der Waals surface area contributed by atoms with E-state index in [1.807, 2.05) is 19.9 Å². The molecule has 2 aromatic carbocycles. The van der Waals surface area contributed by atoms with Gasteiger partial charge in [0.05, 0.1) is 6.54 Å². The number of urea groups is 1. The van der Waals surface area contributed by atoms with Crippen molar-refractivity contribution in [1.29, 1.82) is 0 Å². The SMILES string of the molecule is CC(C)CN(CC(O)C(=O)O)C(=O)NCC(=O)O.Cc1ccc(-c2ccccc2)cc1. The highest BCUT2D eigenvalue weighted by molar-refractivity contribution is 5.80. The third-order valence-corrected chi connectivity index (χ3v) is 4.10. The molecule has 1 atom stereocenters. The van der Waals surface area contributed by atoms with Crippen molar-refractivity contribution in [2.24, 2.45) is 5.92 Å². The van der Waals surface area contributed by atoms with Gasteiger partial charge in [-0.1, -0.05) is 74.0 Å². The molecule has 0 saturated carbocycles. The maximum absolute atomic E-state index is 11.6. The Balaban J connectivity index is 0.000000323. The quantitative estimate of drug-likeness (QED) is 0.510. The molecule has 8 heteroatoms. The third kappa shape index (κ3) is 10.3. The van der Waals surface area contributed by atoms with E-state index in [4.69, 9.17) is 10.2 Å². The van der Waals surface area contributed by atoms with Crippen LogP contribution in [0.2, 0.25) is 0 Å². The van der Waals surface area contributed by atoms with Crippen LogP contribution < -0.4 is 5.32 Å². The van der Waals surface area contributed by atoms with Crippen molar-refractivity contribution in [3.8, 4) is 11.1 Å². The van der Waals surface area contributed by atoms with E-state index in [1.54, 1.807) is 0 Å². The Kier molecular flexibility index (Phi) is 10.8. The molecule has 0 aliphatic carbocycles. The summed E-state index contributed by atoms with van der Waals surface area (Å²) in [5.41, 5.74) is 3.87. The maximum atomic E-state index is 11.6. The van der Waals surface area contributed by atoms with Gasteiger partial charge in [0, 0.05) is 6.54 Å². The van der Waals surface area contributed by atoms with Crippen LogP contribution in [-0.2, 0) is 9.59 Å². The van der Waals surface area contributed by atoms with Crippen LogP contribution in [0.5, 0.6) is 0 Å². The zero-order valence-electron chi connectivity index (χ0n) is 18.0. The van der Waals surface area contributed by atoms with Gasteiger partial charge < -0.3 is 25.5 Å². The maximum Gasteiger partial charge on any atom is 0.334 e. The van der Waals surface area contributed by atoms with Crippen LogP contribution in [0.25, 0.3) is 11.1 Å². The number of carboxylic acid groups (broad SMARTS) is 2. The zero-order chi connectivity index (χ0) is 23.4. The van der Waals surface area contributed by atoms with Crippen LogP contribution >= 0.6 is 0 Å². The average molecular weight is 431 g/mol. The second kappa shape index (κ2) is 13.0. The van der Waals surface area contributed by atoms with Gasteiger partial charge in [-0.15, -0.1) is 0 Å². The molecule has 0 radical (unpaired) electrons. The Morgan fingerprint density at radius 1 is 0.903 bits per heavy atom. The number of hydrogen-bond donors (Lipinski definition) is 4. The van der Waals surface area contributed by atoms with Crippen LogP contribution in [-0.4, -0.2) is 63.9 Å². The lowest BCUT2D eigenvalue weighted by molar-refractivity contribution is -0.147. The van der Waals surface area contributed by atoms with Crippen LogP contribution in [0.1, 0.15) is 19.4 Å². The summed E-state index contributed by atoms with van der Waals surface area (Å²) in [5.74, 6) is -2.58. The van der Waals surface area contributed by atoms with Crippen molar-refractivity contribution in [2.45, 2.75) is 26.9 Å². The number of nitrogens with one attached hydrogen (secondary N) is 1. The molecule has 0 bridgehead atoms. The summed E-state index contributed by atoms with van der Waals surface area (Å²) in [7, 11) is 0. The fourth-order valence-corrected chi connectivity index (χ4v) is 2.61. The van der Waals surface area contributed by atoms with Gasteiger partial charge in [-0.3, -0.25) is 4.79 Å². The Labute approximate surface area is 182 Å². The fraction of sp³-hybridized carbons (Fsp3) is 0.348. The van der Waals surface area contributed by atoms with Gasteiger partial charge in [0.1, 0.15) is 6.54 Å². The van der Waals surface area contributed by atoms with Gasteiger partial charge in [0.2, 0.25) is 0 Å². The van der Waals surface area contributed by atoms with Crippen LogP contribution in [0.15, 0.2) is 54.6 Å². The molecule has 0 fully saturated rings. The Hall–Kier alpha value is -3.39. The van der Waals surface area contributed by atoms with E-state index < -0.39 is 30.6 Å². The van der Waals surface area contributed by atoms with Gasteiger partial charge in [-0.25, -0.2) is 9.59 Å². The second-order valence-corrected chi connectivity index (χ2v) is 7.44. The van der Waals surface area contributed by atoms with E-state index in [0.29, 0.717) is 0 Å². The van der Waals surface area contributed by atoms with Gasteiger partial charge in [-0.2, -0.15) is 0 Å². The molecule has 31 heavy (non-hydrogen) atoms. The number of aliphatic hydroxyl groups is 1. The van der Waals surface area contributed by atoms with E-state index >= 15 is 0 Å². The first-order chi connectivity index (χ1) is 14.6. The monoisotopic (exact) mass is 430 g/mol. The summed E-state index contributed by atoms with van der Waals surface area (Å²) < 4.78 is 0. The number of aliphatic hydroxyl groups excluding tert-OH is 1. The van der Waals surface area contributed by atoms with Crippen LogP contribution in [0, 0.1) is 12.8 Å². The molecule has 2 amide bonds. The van der Waals surface area contributed by atoms with Crippen molar-refractivity contribution in [1.82, 2.24) is 10.2 Å². The summed E-state index contributed by atoms with van der Waals surface area (Å²) >= 11 is 0. The smallest absolute Gasteiger partial charge is 0.334 e. The molecular formula is C23H30N2O6. The predicted octanol–water partition coefficient (Wildman–Crippen LogP) is 2.85. The van der Waals surface area contributed by atoms with Crippen molar-refractivity contribution in [3.63, 3.8) is 0 Å². The summed E-state index contributed by atoms with van der Waals surface area (Å²) in [4.78, 5) is 33.5.